The van der Waals surface area contributed by atoms with Crippen molar-refractivity contribution >= 4 is 35.3 Å². The highest BCUT2D eigenvalue weighted by Crippen LogP contribution is 2.14. The molecule has 2 aromatic carbocycles. The van der Waals surface area contributed by atoms with E-state index in [0.29, 0.717) is 11.4 Å². The number of hydrogen-bond acceptors (Lipinski definition) is 7. The van der Waals surface area contributed by atoms with Gasteiger partial charge in [-0.2, -0.15) is 0 Å². The van der Waals surface area contributed by atoms with Gasteiger partial charge in [-0.25, -0.2) is 9.59 Å². The van der Waals surface area contributed by atoms with Gasteiger partial charge >= 0.3 is 23.9 Å². The third-order valence-corrected chi connectivity index (χ3v) is 3.76. The summed E-state index contributed by atoms with van der Waals surface area (Å²) in [5, 5.41) is 18.1. The molecule has 0 saturated heterocycles. The van der Waals surface area contributed by atoms with E-state index in [0.717, 1.165) is 0 Å². The van der Waals surface area contributed by atoms with E-state index in [1.807, 2.05) is 0 Å². The minimum Gasteiger partial charge on any atom is -0.480 e. The van der Waals surface area contributed by atoms with Crippen molar-refractivity contribution in [2.24, 2.45) is 0 Å². The van der Waals surface area contributed by atoms with Crippen LogP contribution in [0, 0.1) is 0 Å². The van der Waals surface area contributed by atoms with E-state index >= 15 is 0 Å². The summed E-state index contributed by atoms with van der Waals surface area (Å²) in [7, 11) is 0. The molecule has 2 rings (SSSR count). The van der Waals surface area contributed by atoms with E-state index in [1.165, 1.54) is 9.80 Å². The monoisotopic (exact) mass is 400 g/mol. The highest BCUT2D eigenvalue weighted by molar-refractivity contribution is 5.91. The van der Waals surface area contributed by atoms with Crippen molar-refractivity contribution in [1.29, 1.82) is 0 Å². The molecule has 0 atom stereocenters. The van der Waals surface area contributed by atoms with Gasteiger partial charge in [0.1, 0.15) is 26.2 Å². The van der Waals surface area contributed by atoms with E-state index in [4.69, 9.17) is 14.9 Å². The van der Waals surface area contributed by atoms with Crippen molar-refractivity contribution in [2.75, 3.05) is 36.0 Å². The normalized spacial score (nSPS) is 10.1. The number of rotatable bonds is 10. The number of carboxylic acid groups (broad SMARTS) is 2. The van der Waals surface area contributed by atoms with Crippen molar-refractivity contribution in [1.82, 2.24) is 0 Å². The number of carboxylic acids is 2. The second kappa shape index (κ2) is 10.5. The fourth-order valence-electron chi connectivity index (χ4n) is 2.58. The second-order valence-corrected chi connectivity index (χ2v) is 6.02. The molecule has 2 N–H and O–H groups in total. The number of carbonyl (C=O) groups excluding carboxylic acids is 2. The number of esters is 2. The zero-order valence-electron chi connectivity index (χ0n) is 15.4. The lowest BCUT2D eigenvalue weighted by molar-refractivity contribution is -0.157. The summed E-state index contributed by atoms with van der Waals surface area (Å²) in [6.07, 6.45) is 0. The van der Waals surface area contributed by atoms with Crippen LogP contribution in [0.1, 0.15) is 0 Å². The zero-order valence-corrected chi connectivity index (χ0v) is 15.4. The molecule has 0 spiro atoms. The fraction of sp³-hybridized carbons (Fsp3) is 0.200. The Bertz CT molecular complexity index is 784. The van der Waals surface area contributed by atoms with Crippen LogP contribution in [0.25, 0.3) is 0 Å². The molecule has 0 aliphatic rings. The summed E-state index contributed by atoms with van der Waals surface area (Å²) < 4.78 is 4.77. The molecule has 0 bridgehead atoms. The maximum absolute atomic E-state index is 12.1. The number of benzene rings is 2. The minimum atomic E-state index is -1.15. The first-order valence-corrected chi connectivity index (χ1v) is 8.62. The van der Waals surface area contributed by atoms with Crippen molar-refractivity contribution < 1.29 is 34.1 Å². The van der Waals surface area contributed by atoms with Crippen molar-refractivity contribution in [3.63, 3.8) is 0 Å². The number of para-hydroxylation sites is 2. The average molecular weight is 400 g/mol. The van der Waals surface area contributed by atoms with E-state index in [2.05, 4.69) is 0 Å². The van der Waals surface area contributed by atoms with E-state index < -0.39 is 50.1 Å². The molecular weight excluding hydrogens is 380 g/mol. The molecule has 29 heavy (non-hydrogen) atoms. The van der Waals surface area contributed by atoms with Gasteiger partial charge in [-0.15, -0.1) is 0 Å². The lowest BCUT2D eigenvalue weighted by Gasteiger charge is -2.23. The molecule has 152 valence electrons. The minimum absolute atomic E-state index is 0.452. The quantitative estimate of drug-likeness (QED) is 0.448. The van der Waals surface area contributed by atoms with Crippen LogP contribution in [0.3, 0.4) is 0 Å². The van der Waals surface area contributed by atoms with Crippen LogP contribution < -0.4 is 9.80 Å². The number of aliphatic carboxylic acids is 2. The van der Waals surface area contributed by atoms with Crippen LogP contribution in [0.2, 0.25) is 0 Å². The molecule has 0 aliphatic carbocycles. The summed E-state index contributed by atoms with van der Waals surface area (Å²) in [6.45, 7) is -1.82. The average Bonchev–Trinajstić information content (AvgIpc) is 2.67. The van der Waals surface area contributed by atoms with Gasteiger partial charge in [-0.05, 0) is 24.3 Å². The first-order valence-electron chi connectivity index (χ1n) is 8.62. The Kier molecular flexibility index (Phi) is 7.72. The van der Waals surface area contributed by atoms with Gasteiger partial charge in [0, 0.05) is 11.4 Å². The number of anilines is 2. The Balaban J connectivity index is 2.01. The van der Waals surface area contributed by atoms with Gasteiger partial charge in [0.25, 0.3) is 0 Å². The summed E-state index contributed by atoms with van der Waals surface area (Å²) in [5.41, 5.74) is 0.965. The van der Waals surface area contributed by atoms with E-state index in [1.54, 1.807) is 60.7 Å². The van der Waals surface area contributed by atoms with Gasteiger partial charge < -0.3 is 24.7 Å². The van der Waals surface area contributed by atoms with E-state index in [9.17, 15) is 19.2 Å². The first-order chi connectivity index (χ1) is 13.8. The number of nitrogens with zero attached hydrogens (tertiary/aromatic N) is 2. The van der Waals surface area contributed by atoms with Crippen LogP contribution in [0.4, 0.5) is 11.4 Å². The highest BCUT2D eigenvalue weighted by Gasteiger charge is 2.21. The first kappa shape index (κ1) is 21.4. The molecule has 2 aromatic rings. The Labute approximate surface area is 166 Å². The maximum atomic E-state index is 12.1. The molecule has 0 aromatic heterocycles. The smallest absolute Gasteiger partial charge is 0.333 e. The summed E-state index contributed by atoms with van der Waals surface area (Å²) >= 11 is 0. The lowest BCUT2D eigenvalue weighted by Crippen LogP contribution is -2.39. The van der Waals surface area contributed by atoms with Gasteiger partial charge in [0.15, 0.2) is 0 Å². The van der Waals surface area contributed by atoms with Gasteiger partial charge in [0.2, 0.25) is 0 Å². The Hall–Kier alpha value is -3.88. The van der Waals surface area contributed by atoms with Crippen molar-refractivity contribution in [3.05, 3.63) is 60.7 Å². The Morgan fingerprint density at radius 2 is 0.966 bits per heavy atom. The van der Waals surface area contributed by atoms with Crippen molar-refractivity contribution in [3.8, 4) is 0 Å². The molecule has 9 heteroatoms. The Morgan fingerprint density at radius 1 is 0.621 bits per heavy atom. The van der Waals surface area contributed by atoms with Crippen LogP contribution >= 0.6 is 0 Å². The Morgan fingerprint density at radius 3 is 1.28 bits per heavy atom. The molecule has 0 amide bonds. The largest absolute Gasteiger partial charge is 0.480 e. The fourth-order valence-corrected chi connectivity index (χ4v) is 2.58. The topological polar surface area (TPSA) is 124 Å². The van der Waals surface area contributed by atoms with E-state index in [-0.39, 0.29) is 0 Å². The SMILES string of the molecule is O=C(O)CN(CC(=O)OC(=O)CN(CC(=O)O)c1ccccc1)c1ccccc1. The molecule has 0 heterocycles. The molecule has 0 unspecified atom stereocenters. The molecule has 9 nitrogen and oxygen atoms in total. The van der Waals surface area contributed by atoms with Crippen LogP contribution in [0.15, 0.2) is 60.7 Å². The molecular formula is C20H20N2O7. The van der Waals surface area contributed by atoms with Gasteiger partial charge in [-0.3, -0.25) is 9.59 Å². The highest BCUT2D eigenvalue weighted by atomic mass is 16.6. The lowest BCUT2D eigenvalue weighted by atomic mass is 10.3. The third kappa shape index (κ3) is 7.33. The predicted molar refractivity (Wildman–Crippen MR) is 104 cm³/mol. The number of hydrogen-bond donors (Lipinski definition) is 2. The summed E-state index contributed by atoms with van der Waals surface area (Å²) in [5.74, 6) is -4.18. The second-order valence-electron chi connectivity index (χ2n) is 6.02. The molecule has 0 aliphatic heterocycles. The standard InChI is InChI=1S/C20H20N2O7/c23-17(24)11-21(15-7-3-1-4-8-15)13-19(27)29-20(28)14-22(12-18(25)26)16-9-5-2-6-10-16/h1-10H,11-14H2,(H,23,24)(H,25,26). The maximum Gasteiger partial charge on any atom is 0.333 e. The molecule has 0 fully saturated rings. The van der Waals surface area contributed by atoms with Crippen LogP contribution in [-0.4, -0.2) is 60.3 Å². The zero-order chi connectivity index (χ0) is 21.2. The molecule has 0 radical (unpaired) electrons. The number of ether oxygens (including phenoxy) is 1. The third-order valence-electron chi connectivity index (χ3n) is 3.76. The van der Waals surface area contributed by atoms with Gasteiger partial charge in [-0.1, -0.05) is 36.4 Å². The predicted octanol–water partition coefficient (Wildman–Crippen LogP) is 1.24. The summed E-state index contributed by atoms with van der Waals surface area (Å²) in [6, 6.07) is 16.7. The van der Waals surface area contributed by atoms with Gasteiger partial charge in [0.05, 0.1) is 0 Å². The molecule has 0 saturated carbocycles. The van der Waals surface area contributed by atoms with Crippen molar-refractivity contribution in [2.45, 2.75) is 0 Å². The summed E-state index contributed by atoms with van der Waals surface area (Å²) in [4.78, 5) is 48.9. The number of carbonyl (C=O) groups is 4. The van der Waals surface area contributed by atoms with Crippen LogP contribution in [0.5, 0.6) is 0 Å². The van der Waals surface area contributed by atoms with Crippen LogP contribution in [-0.2, 0) is 23.9 Å².